The summed E-state index contributed by atoms with van der Waals surface area (Å²) in [6, 6.07) is 5.87. The van der Waals surface area contributed by atoms with Crippen LogP contribution in [0.1, 0.15) is 25.3 Å². The van der Waals surface area contributed by atoms with E-state index >= 15 is 0 Å². The number of carbonyl (C=O) groups is 2. The number of nitrogens with one attached hydrogen (secondary N) is 1. The number of rotatable bonds is 7. The quantitative estimate of drug-likeness (QED) is 0.558. The molecule has 1 fully saturated rings. The van der Waals surface area contributed by atoms with E-state index in [0.717, 1.165) is 11.3 Å². The predicted molar refractivity (Wildman–Crippen MR) is 111 cm³/mol. The van der Waals surface area contributed by atoms with Gasteiger partial charge in [0.1, 0.15) is 11.9 Å². The van der Waals surface area contributed by atoms with Gasteiger partial charge in [0.25, 0.3) is 6.47 Å². The molecule has 3 N–H and O–H groups in total. The Bertz CT molecular complexity index is 829. The predicted octanol–water partition coefficient (Wildman–Crippen LogP) is 1.19. The van der Waals surface area contributed by atoms with E-state index in [4.69, 9.17) is 14.6 Å². The van der Waals surface area contributed by atoms with Gasteiger partial charge < -0.3 is 20.3 Å². The second-order valence-electron chi connectivity index (χ2n) is 7.29. The van der Waals surface area contributed by atoms with Crippen LogP contribution < -0.4 is 5.32 Å². The van der Waals surface area contributed by atoms with Crippen molar-refractivity contribution in [2.45, 2.75) is 44.6 Å². The molecule has 1 aromatic carbocycles. The lowest BCUT2D eigenvalue weighted by Crippen LogP contribution is -2.55. The van der Waals surface area contributed by atoms with E-state index in [1.807, 2.05) is 18.1 Å². The van der Waals surface area contributed by atoms with Crippen molar-refractivity contribution in [2.24, 2.45) is 0 Å². The highest BCUT2D eigenvalue weighted by Crippen LogP contribution is 2.17. The van der Waals surface area contributed by atoms with E-state index in [9.17, 15) is 14.3 Å². The first-order chi connectivity index (χ1) is 14.9. The molecule has 0 bridgehead atoms. The fourth-order valence-corrected chi connectivity index (χ4v) is 3.36. The summed E-state index contributed by atoms with van der Waals surface area (Å²) in [6.07, 6.45) is 3.56. The molecule has 10 heteroatoms. The summed E-state index contributed by atoms with van der Waals surface area (Å²) in [5.41, 5.74) is 1.78. The lowest BCUT2D eigenvalue weighted by atomic mass is 9.99. The summed E-state index contributed by atoms with van der Waals surface area (Å²) in [4.78, 5) is 22.0. The molecule has 0 spiro atoms. The van der Waals surface area contributed by atoms with Crippen molar-refractivity contribution in [3.63, 3.8) is 0 Å². The molecule has 3 rings (SSSR count). The van der Waals surface area contributed by atoms with Gasteiger partial charge in [-0.1, -0.05) is 6.92 Å². The second-order valence-corrected chi connectivity index (χ2v) is 7.29. The summed E-state index contributed by atoms with van der Waals surface area (Å²) in [5.74, 6) is -0.346. The van der Waals surface area contributed by atoms with Crippen molar-refractivity contribution >= 4 is 12.4 Å². The Morgan fingerprint density at radius 3 is 2.74 bits per heavy atom. The Morgan fingerprint density at radius 2 is 2.10 bits per heavy atom. The van der Waals surface area contributed by atoms with E-state index in [2.05, 4.69) is 10.4 Å². The fourth-order valence-electron chi connectivity index (χ4n) is 3.36. The SMILES string of the molecule is CCC(=O)N[C@H]1CCO[C@H](CN(C)Cc2cnn(-c3ccc(F)cc3)c2)[C@H]1O.O=CO. The lowest BCUT2D eigenvalue weighted by Gasteiger charge is -2.37. The Kier molecular flexibility index (Phi) is 9.57. The highest BCUT2D eigenvalue weighted by molar-refractivity contribution is 5.75. The fraction of sp³-hybridized carbons (Fsp3) is 0.476. The lowest BCUT2D eigenvalue weighted by molar-refractivity contribution is -0.129. The average molecular weight is 436 g/mol. The van der Waals surface area contributed by atoms with Crippen LogP contribution in [-0.4, -0.2) is 75.7 Å². The summed E-state index contributed by atoms with van der Waals surface area (Å²) < 4.78 is 20.5. The zero-order valence-corrected chi connectivity index (χ0v) is 17.6. The number of ether oxygens (including phenoxy) is 1. The zero-order valence-electron chi connectivity index (χ0n) is 17.6. The highest BCUT2D eigenvalue weighted by atomic mass is 19.1. The molecule has 31 heavy (non-hydrogen) atoms. The monoisotopic (exact) mass is 436 g/mol. The molecular weight excluding hydrogens is 407 g/mol. The standard InChI is InChI=1S/C20H27FN4O3.CH2O2/c1-3-19(26)23-17-8-9-28-18(20(17)27)13-24(2)11-14-10-22-25(12-14)16-6-4-15(21)5-7-16;2-1-3/h4-7,10,12,17-18,20,27H,3,8-9,11,13H2,1-2H3,(H,23,26);1H,(H,2,3)/t17-,18+,20-;/m0./s1. The summed E-state index contributed by atoms with van der Waals surface area (Å²) in [5, 5.41) is 24.6. The van der Waals surface area contributed by atoms with Gasteiger partial charge in [0.2, 0.25) is 5.91 Å². The number of carbonyl (C=O) groups excluding carboxylic acids is 1. The maximum absolute atomic E-state index is 13.1. The molecule has 1 aliphatic rings. The molecule has 3 atom stereocenters. The number of aliphatic hydroxyl groups is 1. The van der Waals surface area contributed by atoms with Gasteiger partial charge >= 0.3 is 0 Å². The molecule has 2 aromatic rings. The van der Waals surface area contributed by atoms with Gasteiger partial charge in [-0.05, 0) is 37.7 Å². The molecule has 0 saturated carbocycles. The van der Waals surface area contributed by atoms with Crippen LogP contribution in [0, 0.1) is 5.82 Å². The van der Waals surface area contributed by atoms with Crippen molar-refractivity contribution in [2.75, 3.05) is 20.2 Å². The minimum Gasteiger partial charge on any atom is -0.483 e. The third-order valence-corrected chi connectivity index (χ3v) is 4.89. The van der Waals surface area contributed by atoms with Crippen molar-refractivity contribution in [1.82, 2.24) is 20.0 Å². The summed E-state index contributed by atoms with van der Waals surface area (Å²) >= 11 is 0. The normalized spacial score (nSPS) is 20.6. The summed E-state index contributed by atoms with van der Waals surface area (Å²) in [7, 11) is 1.94. The number of hydrogen-bond donors (Lipinski definition) is 3. The van der Waals surface area contributed by atoms with Crippen LogP contribution in [0.15, 0.2) is 36.7 Å². The number of hydrogen-bond acceptors (Lipinski definition) is 6. The van der Waals surface area contributed by atoms with Gasteiger partial charge in [-0.25, -0.2) is 9.07 Å². The van der Waals surface area contributed by atoms with Crippen LogP contribution in [-0.2, 0) is 20.9 Å². The Labute approximate surface area is 180 Å². The number of aromatic nitrogens is 2. The molecule has 1 aliphatic heterocycles. The van der Waals surface area contributed by atoms with E-state index in [0.29, 0.717) is 32.5 Å². The Balaban J connectivity index is 0.00000107. The third-order valence-electron chi connectivity index (χ3n) is 4.89. The maximum atomic E-state index is 13.1. The number of amides is 1. The minimum atomic E-state index is -0.742. The smallest absolute Gasteiger partial charge is 0.290 e. The number of carboxylic acid groups (broad SMARTS) is 1. The van der Waals surface area contributed by atoms with Crippen LogP contribution in [0.5, 0.6) is 0 Å². The van der Waals surface area contributed by atoms with Gasteiger partial charge in [-0.15, -0.1) is 0 Å². The van der Waals surface area contributed by atoms with Crippen molar-refractivity contribution in [3.8, 4) is 5.69 Å². The van der Waals surface area contributed by atoms with Crippen LogP contribution in [0.3, 0.4) is 0 Å². The third kappa shape index (κ3) is 7.42. The van der Waals surface area contributed by atoms with Crippen molar-refractivity contribution < 1.29 is 28.9 Å². The number of likely N-dealkylation sites (N-methyl/N-ethyl adjacent to an activating group) is 1. The molecule has 9 nitrogen and oxygen atoms in total. The topological polar surface area (TPSA) is 117 Å². The summed E-state index contributed by atoms with van der Waals surface area (Å²) in [6.45, 7) is 3.20. The molecule has 170 valence electrons. The average Bonchev–Trinajstić information content (AvgIpc) is 3.20. The van der Waals surface area contributed by atoms with E-state index in [-0.39, 0.29) is 30.3 Å². The number of benzene rings is 1. The number of nitrogens with zero attached hydrogens (tertiary/aromatic N) is 3. The van der Waals surface area contributed by atoms with E-state index in [1.54, 1.807) is 29.9 Å². The van der Waals surface area contributed by atoms with Gasteiger partial charge in [0.15, 0.2) is 0 Å². The largest absolute Gasteiger partial charge is 0.483 e. The van der Waals surface area contributed by atoms with Crippen molar-refractivity contribution in [3.05, 3.63) is 48.0 Å². The van der Waals surface area contributed by atoms with Gasteiger partial charge in [-0.3, -0.25) is 14.5 Å². The van der Waals surface area contributed by atoms with E-state index < -0.39 is 6.10 Å². The van der Waals surface area contributed by atoms with Crippen LogP contribution in [0.4, 0.5) is 4.39 Å². The highest BCUT2D eigenvalue weighted by Gasteiger charge is 2.34. The van der Waals surface area contributed by atoms with Gasteiger partial charge in [0, 0.05) is 37.9 Å². The minimum absolute atomic E-state index is 0.0636. The van der Waals surface area contributed by atoms with Crippen LogP contribution >= 0.6 is 0 Å². The molecule has 1 saturated heterocycles. The van der Waals surface area contributed by atoms with Gasteiger partial charge in [0.05, 0.1) is 24.0 Å². The molecule has 0 radical (unpaired) electrons. The van der Waals surface area contributed by atoms with Crippen LogP contribution in [0.2, 0.25) is 0 Å². The second kappa shape index (κ2) is 12.1. The Morgan fingerprint density at radius 1 is 1.42 bits per heavy atom. The molecule has 0 unspecified atom stereocenters. The first kappa shape index (κ1) is 24.4. The first-order valence-corrected chi connectivity index (χ1v) is 10.0. The maximum Gasteiger partial charge on any atom is 0.290 e. The molecule has 1 aromatic heterocycles. The molecule has 2 heterocycles. The van der Waals surface area contributed by atoms with Crippen molar-refractivity contribution in [1.29, 1.82) is 0 Å². The first-order valence-electron chi connectivity index (χ1n) is 10.0. The zero-order chi connectivity index (χ0) is 22.8. The molecule has 1 amide bonds. The number of halogens is 1. The van der Waals surface area contributed by atoms with E-state index in [1.165, 1.54) is 12.1 Å². The number of aliphatic hydroxyl groups excluding tert-OH is 1. The Hall–Kier alpha value is -2.82. The van der Waals surface area contributed by atoms with Gasteiger partial charge in [-0.2, -0.15) is 5.10 Å². The molecular formula is C21H29FN4O5. The van der Waals surface area contributed by atoms with Crippen LogP contribution in [0.25, 0.3) is 5.69 Å². The molecule has 0 aliphatic carbocycles.